The molecule has 1 aliphatic carbocycles. The zero-order valence-electron chi connectivity index (χ0n) is 18.3. The molecule has 152 valence electrons. The molecule has 0 radical (unpaired) electrons. The van der Waals surface area contributed by atoms with Crippen LogP contribution in [0.4, 0.5) is 0 Å². The molecule has 2 rings (SSSR count). The van der Waals surface area contributed by atoms with Crippen LogP contribution in [0.1, 0.15) is 65.4 Å². The molecule has 1 aromatic rings. The van der Waals surface area contributed by atoms with E-state index in [4.69, 9.17) is 9.84 Å². The first-order chi connectivity index (χ1) is 12.3. The van der Waals surface area contributed by atoms with Gasteiger partial charge < -0.3 is 14.7 Å². The molecule has 0 atom stereocenters. The Kier molecular flexibility index (Phi) is 13.5. The van der Waals surface area contributed by atoms with E-state index in [1.807, 2.05) is 0 Å². The minimum Gasteiger partial charge on any atom is -0.493 e. The minimum absolute atomic E-state index is 0.552. The third kappa shape index (κ3) is 15.2. The molecule has 0 aromatic heterocycles. The smallest absolute Gasteiger partial charge is 0.119 e. The number of hydrogen-bond acceptors (Lipinski definition) is 3. The SMILES string of the molecule is CCCCC(C)(C)C.CN(C)CCc1cccc(OCC2CC2)c1.CO. The summed E-state index contributed by atoms with van der Waals surface area (Å²) >= 11 is 0. The largest absolute Gasteiger partial charge is 0.493 e. The average Bonchev–Trinajstić information content (AvgIpc) is 3.43. The number of likely N-dealkylation sites (N-methyl/N-ethyl adjacent to an activating group) is 1. The molecule has 1 saturated carbocycles. The van der Waals surface area contributed by atoms with Gasteiger partial charge in [-0.25, -0.2) is 0 Å². The Hall–Kier alpha value is -1.06. The van der Waals surface area contributed by atoms with Crippen molar-refractivity contribution in [2.75, 3.05) is 34.4 Å². The average molecular weight is 366 g/mol. The zero-order valence-corrected chi connectivity index (χ0v) is 18.3. The third-order valence-electron chi connectivity index (χ3n) is 4.21. The molecule has 1 fully saturated rings. The Morgan fingerprint density at radius 1 is 1.15 bits per heavy atom. The highest BCUT2D eigenvalue weighted by Gasteiger charge is 2.21. The van der Waals surface area contributed by atoms with E-state index >= 15 is 0 Å². The van der Waals surface area contributed by atoms with Gasteiger partial charge in [0.05, 0.1) is 6.61 Å². The Labute approximate surface area is 162 Å². The minimum atomic E-state index is 0.552. The van der Waals surface area contributed by atoms with Crippen LogP contribution >= 0.6 is 0 Å². The monoisotopic (exact) mass is 365 g/mol. The maximum absolute atomic E-state index is 7.00. The van der Waals surface area contributed by atoms with Gasteiger partial charge in [0.15, 0.2) is 0 Å². The van der Waals surface area contributed by atoms with Crippen molar-refractivity contribution in [3.63, 3.8) is 0 Å². The molecule has 0 aliphatic heterocycles. The van der Waals surface area contributed by atoms with Gasteiger partial charge in [-0.05, 0) is 68.8 Å². The fraction of sp³-hybridized carbons (Fsp3) is 0.739. The van der Waals surface area contributed by atoms with Crippen molar-refractivity contribution in [2.45, 2.75) is 66.2 Å². The molecule has 3 heteroatoms. The lowest BCUT2D eigenvalue weighted by molar-refractivity contribution is 0.299. The van der Waals surface area contributed by atoms with E-state index < -0.39 is 0 Å². The van der Waals surface area contributed by atoms with Crippen molar-refractivity contribution in [3.05, 3.63) is 29.8 Å². The van der Waals surface area contributed by atoms with Gasteiger partial charge in [-0.15, -0.1) is 0 Å². The standard InChI is InChI=1S/C14H21NO.C8H18.CH4O/c1-15(2)9-8-12-4-3-5-14(10-12)16-11-13-6-7-13;1-5-6-7-8(2,3)4;1-2/h3-5,10,13H,6-9,11H2,1-2H3;5-7H2,1-4H3;2H,1H3. The Balaban J connectivity index is 0.000000533. The summed E-state index contributed by atoms with van der Waals surface area (Å²) in [6.45, 7) is 11.1. The van der Waals surface area contributed by atoms with Crippen molar-refractivity contribution in [2.24, 2.45) is 11.3 Å². The number of hydrogen-bond donors (Lipinski definition) is 1. The fourth-order valence-electron chi connectivity index (χ4n) is 2.35. The van der Waals surface area contributed by atoms with Crippen molar-refractivity contribution in [3.8, 4) is 5.75 Å². The second kappa shape index (κ2) is 14.1. The summed E-state index contributed by atoms with van der Waals surface area (Å²) in [6, 6.07) is 8.49. The predicted molar refractivity (Wildman–Crippen MR) is 114 cm³/mol. The summed E-state index contributed by atoms with van der Waals surface area (Å²) in [6.07, 6.45) is 7.86. The third-order valence-corrected chi connectivity index (χ3v) is 4.21. The zero-order chi connectivity index (χ0) is 20.0. The van der Waals surface area contributed by atoms with E-state index in [1.165, 1.54) is 37.7 Å². The van der Waals surface area contributed by atoms with E-state index in [-0.39, 0.29) is 0 Å². The number of benzene rings is 1. The number of rotatable bonds is 8. The summed E-state index contributed by atoms with van der Waals surface area (Å²) in [7, 11) is 5.21. The van der Waals surface area contributed by atoms with E-state index in [2.05, 4.69) is 71.0 Å². The first-order valence-electron chi connectivity index (χ1n) is 10.1. The first-order valence-corrected chi connectivity index (χ1v) is 10.1. The molecule has 0 unspecified atom stereocenters. The molecule has 0 heterocycles. The molecule has 26 heavy (non-hydrogen) atoms. The van der Waals surface area contributed by atoms with E-state index in [9.17, 15) is 0 Å². The van der Waals surface area contributed by atoms with Crippen LogP contribution in [-0.2, 0) is 6.42 Å². The Morgan fingerprint density at radius 2 is 1.81 bits per heavy atom. The van der Waals surface area contributed by atoms with Gasteiger partial charge in [0.2, 0.25) is 0 Å². The highest BCUT2D eigenvalue weighted by molar-refractivity contribution is 5.28. The number of ether oxygens (including phenoxy) is 1. The van der Waals surface area contributed by atoms with Gasteiger partial charge in [0, 0.05) is 13.7 Å². The first kappa shape index (κ1) is 24.9. The van der Waals surface area contributed by atoms with Gasteiger partial charge in [-0.1, -0.05) is 52.7 Å². The second-order valence-electron chi connectivity index (χ2n) is 8.62. The van der Waals surface area contributed by atoms with Gasteiger partial charge >= 0.3 is 0 Å². The summed E-state index contributed by atoms with van der Waals surface area (Å²) in [5, 5.41) is 7.00. The van der Waals surface area contributed by atoms with Crippen molar-refractivity contribution < 1.29 is 9.84 Å². The fourth-order valence-corrected chi connectivity index (χ4v) is 2.35. The maximum Gasteiger partial charge on any atom is 0.119 e. The number of aliphatic hydroxyl groups excluding tert-OH is 1. The highest BCUT2D eigenvalue weighted by atomic mass is 16.5. The molecule has 0 amide bonds. The number of aliphatic hydroxyl groups is 1. The van der Waals surface area contributed by atoms with Crippen LogP contribution in [0.2, 0.25) is 0 Å². The summed E-state index contributed by atoms with van der Waals surface area (Å²) in [5.74, 6) is 1.86. The molecule has 1 N–H and O–H groups in total. The van der Waals surface area contributed by atoms with Gasteiger partial charge in [-0.2, -0.15) is 0 Å². The highest BCUT2D eigenvalue weighted by Crippen LogP contribution is 2.29. The van der Waals surface area contributed by atoms with Crippen LogP contribution < -0.4 is 4.74 Å². The maximum atomic E-state index is 7.00. The number of unbranched alkanes of at least 4 members (excludes halogenated alkanes) is 1. The molecular weight excluding hydrogens is 322 g/mol. The van der Waals surface area contributed by atoms with Crippen molar-refractivity contribution >= 4 is 0 Å². The summed E-state index contributed by atoms with van der Waals surface area (Å²) < 4.78 is 5.76. The molecule has 1 aliphatic rings. The summed E-state index contributed by atoms with van der Waals surface area (Å²) in [4.78, 5) is 2.21. The van der Waals surface area contributed by atoms with E-state index in [0.29, 0.717) is 5.41 Å². The Morgan fingerprint density at radius 3 is 2.27 bits per heavy atom. The Bertz CT molecular complexity index is 427. The van der Waals surface area contributed by atoms with Crippen molar-refractivity contribution in [1.82, 2.24) is 4.90 Å². The van der Waals surface area contributed by atoms with Gasteiger partial charge in [0.1, 0.15) is 5.75 Å². The lowest BCUT2D eigenvalue weighted by atomic mass is 9.90. The predicted octanol–water partition coefficient (Wildman–Crippen LogP) is 5.41. The normalized spacial score (nSPS) is 13.4. The molecule has 0 bridgehead atoms. The molecule has 3 nitrogen and oxygen atoms in total. The number of nitrogens with zero attached hydrogens (tertiary/aromatic N) is 1. The van der Waals surface area contributed by atoms with Gasteiger partial charge in [-0.3, -0.25) is 0 Å². The topological polar surface area (TPSA) is 32.7 Å². The second-order valence-corrected chi connectivity index (χ2v) is 8.62. The quantitative estimate of drug-likeness (QED) is 0.668. The lowest BCUT2D eigenvalue weighted by Crippen LogP contribution is -2.15. The van der Waals surface area contributed by atoms with Crippen molar-refractivity contribution in [1.29, 1.82) is 0 Å². The van der Waals surface area contributed by atoms with Crippen LogP contribution in [0, 0.1) is 11.3 Å². The molecule has 0 saturated heterocycles. The summed E-state index contributed by atoms with van der Waals surface area (Å²) in [5.41, 5.74) is 1.91. The van der Waals surface area contributed by atoms with Crippen LogP contribution in [0.25, 0.3) is 0 Å². The van der Waals surface area contributed by atoms with Crippen LogP contribution in [0.5, 0.6) is 5.75 Å². The molecule has 1 aromatic carbocycles. The van der Waals surface area contributed by atoms with E-state index in [1.54, 1.807) is 0 Å². The van der Waals surface area contributed by atoms with Crippen LogP contribution in [0.3, 0.4) is 0 Å². The molecule has 0 spiro atoms. The lowest BCUT2D eigenvalue weighted by Gasteiger charge is -2.16. The van der Waals surface area contributed by atoms with E-state index in [0.717, 1.165) is 38.3 Å². The van der Waals surface area contributed by atoms with Gasteiger partial charge in [0.25, 0.3) is 0 Å². The van der Waals surface area contributed by atoms with Crippen LogP contribution in [0.15, 0.2) is 24.3 Å². The van der Waals surface area contributed by atoms with Crippen LogP contribution in [-0.4, -0.2) is 44.4 Å². The molecular formula is C23H43NO2.